The lowest BCUT2D eigenvalue weighted by Crippen LogP contribution is -2.25. The molecule has 1 atom stereocenters. The summed E-state index contributed by atoms with van der Waals surface area (Å²) < 4.78 is 21.3. The molecule has 0 aliphatic heterocycles. The Kier molecular flexibility index (Phi) is 6.95. The Balaban J connectivity index is 1.46. The third-order valence-electron chi connectivity index (χ3n) is 3.84. The van der Waals surface area contributed by atoms with Crippen molar-refractivity contribution in [1.82, 2.24) is 13.7 Å². The van der Waals surface area contributed by atoms with E-state index >= 15 is 0 Å². The minimum atomic E-state index is -1.63. The predicted molar refractivity (Wildman–Crippen MR) is 112 cm³/mol. The van der Waals surface area contributed by atoms with Gasteiger partial charge in [-0.05, 0) is 47.0 Å². The Bertz CT molecular complexity index is 938. The molecule has 0 bridgehead atoms. The Labute approximate surface area is 174 Å². The largest absolute Gasteiger partial charge is 0.619 e. The van der Waals surface area contributed by atoms with E-state index < -0.39 is 11.1 Å². The predicted octanol–water partition coefficient (Wildman–Crippen LogP) is 2.83. The zero-order chi connectivity index (χ0) is 19.9. The van der Waals surface area contributed by atoms with Crippen LogP contribution in [0.4, 0.5) is 17.5 Å². The van der Waals surface area contributed by atoms with Gasteiger partial charge >= 0.3 is 0 Å². The van der Waals surface area contributed by atoms with Gasteiger partial charge in [0.2, 0.25) is 11.6 Å². The molecule has 148 valence electrons. The van der Waals surface area contributed by atoms with Crippen LogP contribution in [-0.2, 0) is 6.54 Å². The Morgan fingerprint density at radius 2 is 1.86 bits per heavy atom. The quantitative estimate of drug-likeness (QED) is 0.190. The molecule has 0 aliphatic carbocycles. The lowest BCUT2D eigenvalue weighted by molar-refractivity contribution is -0.605. The summed E-state index contributed by atoms with van der Waals surface area (Å²) in [5.41, 5.74) is 1.86. The average Bonchev–Trinajstić information content (AvgIpc) is 3.01. The lowest BCUT2D eigenvalue weighted by atomic mass is 10.3. The maximum absolute atomic E-state index is 11.6. The lowest BCUT2D eigenvalue weighted by Gasteiger charge is -2.09. The van der Waals surface area contributed by atoms with Crippen LogP contribution in [0, 0.1) is 12.1 Å². The standard InChI is InChI=1S/C17H20BrN7O2S/c1-12-8-14(18)10-22-15(12)19-5-3-6-20-16-17(24-28(27)23-16)21-9-13-4-2-7-25(26)11-13/h2,4,7-8,10-11H,3,5-6,9H2,1H3,(H,19,22)(H,20,23)(H,21,24). The van der Waals surface area contributed by atoms with Gasteiger partial charge in [-0.1, -0.05) is 0 Å². The van der Waals surface area contributed by atoms with E-state index in [1.165, 1.54) is 12.4 Å². The first-order valence-electron chi connectivity index (χ1n) is 8.62. The molecule has 9 nitrogen and oxygen atoms in total. The van der Waals surface area contributed by atoms with Crippen LogP contribution in [0.25, 0.3) is 0 Å². The van der Waals surface area contributed by atoms with Gasteiger partial charge in [-0.25, -0.2) is 4.98 Å². The number of anilines is 3. The highest BCUT2D eigenvalue weighted by molar-refractivity contribution is 9.10. The molecular formula is C17H20BrN7O2S. The van der Waals surface area contributed by atoms with Crippen LogP contribution >= 0.6 is 27.1 Å². The monoisotopic (exact) mass is 465 g/mol. The molecule has 0 saturated carbocycles. The van der Waals surface area contributed by atoms with Gasteiger partial charge in [-0.15, -0.1) is 0 Å². The molecule has 28 heavy (non-hydrogen) atoms. The Morgan fingerprint density at radius 3 is 2.57 bits per heavy atom. The van der Waals surface area contributed by atoms with E-state index in [0.29, 0.717) is 24.7 Å². The van der Waals surface area contributed by atoms with Crippen molar-refractivity contribution in [3.05, 3.63) is 57.6 Å². The number of pyridine rings is 2. The number of hydrogen-bond donors (Lipinski definition) is 3. The minimum absolute atomic E-state index is 0.385. The van der Waals surface area contributed by atoms with Crippen molar-refractivity contribution < 1.29 is 9.28 Å². The van der Waals surface area contributed by atoms with Crippen molar-refractivity contribution in [2.24, 2.45) is 0 Å². The zero-order valence-corrected chi connectivity index (χ0v) is 17.6. The van der Waals surface area contributed by atoms with E-state index in [1.807, 2.05) is 19.1 Å². The third-order valence-corrected chi connectivity index (χ3v) is 4.95. The fourth-order valence-corrected chi connectivity index (χ4v) is 3.61. The number of hydrogen-bond acceptors (Lipinski definition) is 8. The van der Waals surface area contributed by atoms with E-state index in [9.17, 15) is 9.76 Å². The highest BCUT2D eigenvalue weighted by Gasteiger charge is 2.15. The van der Waals surface area contributed by atoms with Gasteiger partial charge in [0.1, 0.15) is 5.82 Å². The maximum atomic E-state index is 11.6. The van der Waals surface area contributed by atoms with Crippen LogP contribution in [-0.4, -0.2) is 31.4 Å². The van der Waals surface area contributed by atoms with Gasteiger partial charge in [0, 0.05) is 50.7 Å². The highest BCUT2D eigenvalue weighted by atomic mass is 79.9. The summed E-state index contributed by atoms with van der Waals surface area (Å²) in [7, 11) is 0. The van der Waals surface area contributed by atoms with Gasteiger partial charge in [0.05, 0.1) is 0 Å². The number of aryl methyl sites for hydroxylation is 1. The highest BCUT2D eigenvalue weighted by Crippen LogP contribution is 2.23. The molecule has 11 heteroatoms. The van der Waals surface area contributed by atoms with Gasteiger partial charge in [-0.3, -0.25) is 0 Å². The van der Waals surface area contributed by atoms with Crippen molar-refractivity contribution in [2.45, 2.75) is 19.9 Å². The molecule has 0 fully saturated rings. The third kappa shape index (κ3) is 5.75. The van der Waals surface area contributed by atoms with Crippen LogP contribution in [0.2, 0.25) is 0 Å². The average molecular weight is 466 g/mol. The second-order valence-corrected chi connectivity index (χ2v) is 7.80. The van der Waals surface area contributed by atoms with E-state index in [0.717, 1.165) is 39.1 Å². The molecule has 3 rings (SSSR count). The van der Waals surface area contributed by atoms with E-state index in [1.54, 1.807) is 12.3 Å². The fourth-order valence-electron chi connectivity index (χ4n) is 2.51. The van der Waals surface area contributed by atoms with Gasteiger partial charge < -0.3 is 25.7 Å². The van der Waals surface area contributed by atoms with Gasteiger partial charge in [0.25, 0.3) is 0 Å². The number of nitrogens with one attached hydrogen (secondary N) is 3. The maximum Gasteiger partial charge on any atom is 0.233 e. The number of rotatable bonds is 9. The summed E-state index contributed by atoms with van der Waals surface area (Å²) in [5.74, 6) is 1.74. The summed E-state index contributed by atoms with van der Waals surface area (Å²) in [6.45, 7) is 3.74. The minimum Gasteiger partial charge on any atom is -0.619 e. The second-order valence-electron chi connectivity index (χ2n) is 6.06. The molecule has 0 aliphatic rings. The van der Waals surface area contributed by atoms with E-state index in [-0.39, 0.29) is 0 Å². The van der Waals surface area contributed by atoms with E-state index in [2.05, 4.69) is 45.6 Å². The number of aromatic nitrogens is 4. The zero-order valence-electron chi connectivity index (χ0n) is 15.2. The summed E-state index contributed by atoms with van der Waals surface area (Å²) in [5, 5.41) is 20.8. The van der Waals surface area contributed by atoms with E-state index in [4.69, 9.17) is 0 Å². The second kappa shape index (κ2) is 9.62. The van der Waals surface area contributed by atoms with Crippen LogP contribution in [0.15, 0.2) is 41.3 Å². The molecular weight excluding hydrogens is 446 g/mol. The first kappa shape index (κ1) is 20.2. The van der Waals surface area contributed by atoms with Gasteiger partial charge in [-0.2, -0.15) is 4.73 Å². The molecule has 0 radical (unpaired) electrons. The normalized spacial score (nSPS) is 11.3. The Hall–Kier alpha value is -2.50. The molecule has 0 aromatic carbocycles. The molecule has 3 N–H and O–H groups in total. The number of nitrogens with zero attached hydrogens (tertiary/aromatic N) is 4. The smallest absolute Gasteiger partial charge is 0.233 e. The molecule has 3 aromatic heterocycles. The summed E-state index contributed by atoms with van der Waals surface area (Å²) in [6.07, 6.45) is 5.45. The molecule has 0 saturated heterocycles. The number of halogens is 1. The van der Waals surface area contributed by atoms with Crippen LogP contribution in [0.3, 0.4) is 0 Å². The first-order valence-corrected chi connectivity index (χ1v) is 10.5. The van der Waals surface area contributed by atoms with Crippen LogP contribution in [0.1, 0.15) is 17.5 Å². The van der Waals surface area contributed by atoms with Crippen molar-refractivity contribution >= 4 is 44.5 Å². The van der Waals surface area contributed by atoms with Crippen molar-refractivity contribution in [2.75, 3.05) is 29.0 Å². The molecule has 3 heterocycles. The summed E-state index contributed by atoms with van der Waals surface area (Å²) >= 11 is 1.76. The van der Waals surface area contributed by atoms with Gasteiger partial charge in [0.15, 0.2) is 23.5 Å². The fraction of sp³-hybridized carbons (Fsp3) is 0.294. The first-order chi connectivity index (χ1) is 13.5. The molecule has 0 amide bonds. The Morgan fingerprint density at radius 1 is 1.14 bits per heavy atom. The van der Waals surface area contributed by atoms with Crippen molar-refractivity contribution in [1.29, 1.82) is 0 Å². The molecule has 3 aromatic rings. The SMILES string of the molecule is Cc1cc(Br)cnc1NCCCNc1n[s+]([O-])nc1NCc1ccc[n+]([O-])c1. The van der Waals surface area contributed by atoms with Crippen molar-refractivity contribution in [3.8, 4) is 0 Å². The van der Waals surface area contributed by atoms with Crippen molar-refractivity contribution in [3.63, 3.8) is 0 Å². The molecule has 1 unspecified atom stereocenters. The molecule has 0 spiro atoms. The van der Waals surface area contributed by atoms with Crippen LogP contribution in [0.5, 0.6) is 0 Å². The van der Waals surface area contributed by atoms with Crippen LogP contribution < -0.4 is 20.7 Å². The summed E-state index contributed by atoms with van der Waals surface area (Å²) in [4.78, 5) is 4.34. The topological polar surface area (TPSA) is 125 Å². The summed E-state index contributed by atoms with van der Waals surface area (Å²) in [6, 6.07) is 5.49.